The molecule has 0 aliphatic carbocycles. The molecule has 1 aliphatic rings. The molecule has 1 aromatic heterocycles. The van der Waals surface area contributed by atoms with E-state index in [0.29, 0.717) is 6.42 Å². The van der Waals surface area contributed by atoms with Gasteiger partial charge in [0.05, 0.1) is 18.6 Å². The molecule has 166 valence electrons. The molecule has 0 radical (unpaired) electrons. The van der Waals surface area contributed by atoms with Crippen LogP contribution in [0.3, 0.4) is 0 Å². The number of fused-ring (bicyclic) bond motifs is 1. The third-order valence-electron chi connectivity index (χ3n) is 4.82. The van der Waals surface area contributed by atoms with E-state index in [-0.39, 0.29) is 30.2 Å². The number of esters is 1. The average Bonchev–Trinajstić information content (AvgIpc) is 3.04. The fraction of sp³-hybridized carbons (Fsp3) is 0.636. The zero-order valence-corrected chi connectivity index (χ0v) is 18.7. The Bertz CT molecular complexity index is 748. The van der Waals surface area contributed by atoms with Gasteiger partial charge < -0.3 is 15.4 Å². The van der Waals surface area contributed by atoms with E-state index in [4.69, 9.17) is 4.74 Å². The minimum Gasteiger partial charge on any atom is -0.459 e. The molecule has 2 rings (SSSR count). The van der Waals surface area contributed by atoms with Gasteiger partial charge in [-0.05, 0) is 51.7 Å². The van der Waals surface area contributed by atoms with Crippen LogP contribution in [-0.2, 0) is 25.5 Å². The van der Waals surface area contributed by atoms with Crippen LogP contribution >= 0.6 is 0 Å². The highest BCUT2D eigenvalue weighted by Crippen LogP contribution is 2.25. The van der Waals surface area contributed by atoms with E-state index in [1.165, 1.54) is 0 Å². The Morgan fingerprint density at radius 1 is 1.27 bits per heavy atom. The summed E-state index contributed by atoms with van der Waals surface area (Å²) < 4.78 is 5.23. The van der Waals surface area contributed by atoms with Crippen LogP contribution in [0.2, 0.25) is 0 Å². The predicted octanol–water partition coefficient (Wildman–Crippen LogP) is 1.84. The predicted molar refractivity (Wildman–Crippen MR) is 115 cm³/mol. The molecular formula is C22H34N4O4. The van der Waals surface area contributed by atoms with Crippen molar-refractivity contribution in [1.29, 1.82) is 0 Å². The molecule has 0 aromatic carbocycles. The molecule has 8 heteroatoms. The van der Waals surface area contributed by atoms with Crippen LogP contribution in [0.5, 0.6) is 0 Å². The standard InChI is InChI=1S/C22H34N4O4/c1-13(2)19(17(27)11-16-10-15-8-7-9-23-20(15)25-16)26-21(29)14(3)24-12-18(28)30-22(4,5)6/h7-9,13-14,16,19,24H,10-12H2,1-6H3,(H,23,25)(H,26,29)/t14-,16-,19-/m0/s1. The first-order valence-electron chi connectivity index (χ1n) is 10.4. The number of pyridine rings is 1. The number of hydrogen-bond acceptors (Lipinski definition) is 7. The first kappa shape index (κ1) is 23.8. The second kappa shape index (κ2) is 10.0. The van der Waals surface area contributed by atoms with E-state index in [1.54, 1.807) is 33.9 Å². The highest BCUT2D eigenvalue weighted by Gasteiger charge is 2.30. The minimum atomic E-state index is -0.635. The second-order valence-electron chi connectivity index (χ2n) is 9.15. The fourth-order valence-corrected chi connectivity index (χ4v) is 3.34. The van der Waals surface area contributed by atoms with Gasteiger partial charge in [-0.15, -0.1) is 0 Å². The summed E-state index contributed by atoms with van der Waals surface area (Å²) in [6.45, 7) is 10.7. The van der Waals surface area contributed by atoms with Crippen molar-refractivity contribution in [2.75, 3.05) is 11.9 Å². The smallest absolute Gasteiger partial charge is 0.320 e. The molecule has 1 aliphatic heterocycles. The third kappa shape index (κ3) is 7.09. The fourth-order valence-electron chi connectivity index (χ4n) is 3.34. The molecule has 1 aromatic rings. The summed E-state index contributed by atoms with van der Waals surface area (Å²) in [5.41, 5.74) is 0.517. The third-order valence-corrected chi connectivity index (χ3v) is 4.82. The van der Waals surface area contributed by atoms with Crippen LogP contribution in [0.1, 0.15) is 53.5 Å². The molecule has 3 atom stereocenters. The van der Waals surface area contributed by atoms with Crippen LogP contribution in [0.25, 0.3) is 0 Å². The van der Waals surface area contributed by atoms with Gasteiger partial charge in [0.1, 0.15) is 11.4 Å². The Hall–Kier alpha value is -2.48. The van der Waals surface area contributed by atoms with Crippen LogP contribution in [0, 0.1) is 5.92 Å². The first-order chi connectivity index (χ1) is 14.0. The highest BCUT2D eigenvalue weighted by molar-refractivity contribution is 5.91. The molecule has 0 saturated heterocycles. The second-order valence-corrected chi connectivity index (χ2v) is 9.15. The van der Waals surface area contributed by atoms with Gasteiger partial charge in [0, 0.05) is 18.7 Å². The van der Waals surface area contributed by atoms with E-state index >= 15 is 0 Å². The number of carbonyl (C=O) groups excluding carboxylic acids is 3. The molecule has 3 N–H and O–H groups in total. The Balaban J connectivity index is 1.86. The normalized spacial score (nSPS) is 17.6. The summed E-state index contributed by atoms with van der Waals surface area (Å²) in [5.74, 6) is -0.0149. The molecule has 8 nitrogen and oxygen atoms in total. The van der Waals surface area contributed by atoms with Gasteiger partial charge in [-0.2, -0.15) is 0 Å². The quantitative estimate of drug-likeness (QED) is 0.525. The molecule has 1 amide bonds. The van der Waals surface area contributed by atoms with Crippen molar-refractivity contribution in [3.8, 4) is 0 Å². The zero-order chi connectivity index (χ0) is 22.5. The number of amides is 1. The van der Waals surface area contributed by atoms with Crippen LogP contribution in [0.4, 0.5) is 5.82 Å². The van der Waals surface area contributed by atoms with E-state index in [2.05, 4.69) is 20.9 Å². The first-order valence-corrected chi connectivity index (χ1v) is 10.4. The van der Waals surface area contributed by atoms with E-state index in [0.717, 1.165) is 17.8 Å². The van der Waals surface area contributed by atoms with Crippen molar-refractivity contribution in [1.82, 2.24) is 15.6 Å². The van der Waals surface area contributed by atoms with Crippen LogP contribution in [0.15, 0.2) is 18.3 Å². The molecule has 2 heterocycles. The van der Waals surface area contributed by atoms with Crippen LogP contribution in [-0.4, -0.2) is 52.9 Å². The topological polar surface area (TPSA) is 109 Å². The van der Waals surface area contributed by atoms with Gasteiger partial charge in [-0.3, -0.25) is 19.7 Å². The molecule has 0 fully saturated rings. The van der Waals surface area contributed by atoms with Crippen molar-refractivity contribution in [2.45, 2.75) is 78.1 Å². The lowest BCUT2D eigenvalue weighted by Crippen LogP contribution is -2.52. The Morgan fingerprint density at radius 2 is 1.97 bits per heavy atom. The molecule has 0 bridgehead atoms. The number of nitrogens with zero attached hydrogens (tertiary/aromatic N) is 1. The maximum Gasteiger partial charge on any atom is 0.320 e. The summed E-state index contributed by atoms with van der Waals surface area (Å²) >= 11 is 0. The lowest BCUT2D eigenvalue weighted by Gasteiger charge is -2.25. The highest BCUT2D eigenvalue weighted by atomic mass is 16.6. The zero-order valence-electron chi connectivity index (χ0n) is 18.7. The van der Waals surface area contributed by atoms with Gasteiger partial charge in [0.25, 0.3) is 0 Å². The Labute approximate surface area is 178 Å². The number of ketones is 1. The summed E-state index contributed by atoms with van der Waals surface area (Å²) in [7, 11) is 0. The van der Waals surface area contributed by atoms with Crippen molar-refractivity contribution >= 4 is 23.5 Å². The Kier molecular flexibility index (Phi) is 7.95. The number of Topliss-reactive ketones (excluding diaryl/α,β-unsaturated/α-hetero) is 1. The number of aromatic nitrogens is 1. The van der Waals surface area contributed by atoms with Gasteiger partial charge in [0.15, 0.2) is 5.78 Å². The van der Waals surface area contributed by atoms with Crippen molar-refractivity contribution < 1.29 is 19.1 Å². The lowest BCUT2D eigenvalue weighted by atomic mass is 9.94. The summed E-state index contributed by atoms with van der Waals surface area (Å²) in [4.78, 5) is 41.6. The molecular weight excluding hydrogens is 384 g/mol. The van der Waals surface area contributed by atoms with Gasteiger partial charge in [-0.25, -0.2) is 4.98 Å². The maximum atomic E-state index is 12.9. The largest absolute Gasteiger partial charge is 0.459 e. The lowest BCUT2D eigenvalue weighted by molar-refractivity contribution is -0.153. The summed E-state index contributed by atoms with van der Waals surface area (Å²) in [5, 5.41) is 8.97. The van der Waals surface area contributed by atoms with Crippen molar-refractivity contribution in [2.24, 2.45) is 5.92 Å². The van der Waals surface area contributed by atoms with Gasteiger partial charge >= 0.3 is 5.97 Å². The number of ether oxygens (including phenoxy) is 1. The van der Waals surface area contributed by atoms with E-state index in [9.17, 15) is 14.4 Å². The Morgan fingerprint density at radius 3 is 2.57 bits per heavy atom. The molecule has 0 unspecified atom stereocenters. The molecule has 0 saturated carbocycles. The number of anilines is 1. The monoisotopic (exact) mass is 418 g/mol. The van der Waals surface area contributed by atoms with E-state index < -0.39 is 23.7 Å². The number of nitrogens with one attached hydrogen (secondary N) is 3. The van der Waals surface area contributed by atoms with Gasteiger partial charge in [-0.1, -0.05) is 19.9 Å². The van der Waals surface area contributed by atoms with Crippen molar-refractivity contribution in [3.63, 3.8) is 0 Å². The number of hydrogen-bond donors (Lipinski definition) is 3. The molecule has 0 spiro atoms. The number of carbonyl (C=O) groups is 3. The van der Waals surface area contributed by atoms with Gasteiger partial charge in [0.2, 0.25) is 5.91 Å². The van der Waals surface area contributed by atoms with Crippen molar-refractivity contribution in [3.05, 3.63) is 23.9 Å². The SMILES string of the molecule is CC(C)[C@H](NC(=O)[C@H](C)NCC(=O)OC(C)(C)C)C(=O)C[C@@H]1Cc2cccnc2N1. The maximum absolute atomic E-state index is 12.9. The van der Waals surface area contributed by atoms with E-state index in [1.807, 2.05) is 26.0 Å². The summed E-state index contributed by atoms with van der Waals surface area (Å²) in [6.07, 6.45) is 2.76. The minimum absolute atomic E-state index is 0.0248. The molecule has 30 heavy (non-hydrogen) atoms. The average molecular weight is 419 g/mol. The summed E-state index contributed by atoms with van der Waals surface area (Å²) in [6, 6.07) is 2.63. The van der Waals surface area contributed by atoms with Crippen LogP contribution < -0.4 is 16.0 Å². The number of rotatable bonds is 9.